The second-order valence-corrected chi connectivity index (χ2v) is 7.05. The van der Waals surface area contributed by atoms with Crippen LogP contribution in [0.15, 0.2) is 35.6 Å². The molecule has 0 saturated heterocycles. The van der Waals surface area contributed by atoms with Gasteiger partial charge < -0.3 is 19.9 Å². The van der Waals surface area contributed by atoms with E-state index in [1.165, 1.54) is 11.8 Å². The van der Waals surface area contributed by atoms with Crippen molar-refractivity contribution in [3.05, 3.63) is 36.0 Å². The summed E-state index contributed by atoms with van der Waals surface area (Å²) >= 11 is 1.47. The molecular weight excluding hydrogens is 362 g/mol. The second-order valence-electron chi connectivity index (χ2n) is 6.28. The number of likely N-dealkylation sites (N-methyl/N-ethyl adjacent to an activating group) is 1. The van der Waals surface area contributed by atoms with E-state index >= 15 is 0 Å². The average Bonchev–Trinajstić information content (AvgIpc) is 2.82. The first-order valence-corrected chi connectivity index (χ1v) is 10.2. The average molecular weight is 388 g/mol. The minimum Gasteiger partial charge on any atom is -0.493 e. The van der Waals surface area contributed by atoms with Gasteiger partial charge in [-0.05, 0) is 38.4 Å². The molecule has 0 radical (unpaired) electrons. The summed E-state index contributed by atoms with van der Waals surface area (Å²) in [6.45, 7) is 2.81. The van der Waals surface area contributed by atoms with Crippen molar-refractivity contribution in [2.24, 2.45) is 0 Å². The van der Waals surface area contributed by atoms with Gasteiger partial charge in [-0.15, -0.1) is 0 Å². The number of anilines is 2. The molecule has 0 fully saturated rings. The van der Waals surface area contributed by atoms with Gasteiger partial charge in [0.1, 0.15) is 17.1 Å². The van der Waals surface area contributed by atoms with Crippen LogP contribution >= 0.6 is 11.8 Å². The van der Waals surface area contributed by atoms with Gasteiger partial charge in [-0.1, -0.05) is 17.8 Å². The molecule has 3 rings (SSSR count). The van der Waals surface area contributed by atoms with Crippen molar-refractivity contribution in [1.82, 2.24) is 15.3 Å². The summed E-state index contributed by atoms with van der Waals surface area (Å²) in [5.74, 6) is 1.36. The molecule has 8 heteroatoms. The largest absolute Gasteiger partial charge is 0.493 e. The van der Waals surface area contributed by atoms with Gasteiger partial charge in [0.25, 0.3) is 5.91 Å². The third kappa shape index (κ3) is 4.51. The molecule has 1 aromatic heterocycles. The number of ether oxygens (including phenoxy) is 1. The van der Waals surface area contributed by atoms with E-state index in [2.05, 4.69) is 15.3 Å². The number of hydrogen-bond donors (Lipinski definition) is 1. The van der Waals surface area contributed by atoms with Crippen molar-refractivity contribution in [3.8, 4) is 5.75 Å². The van der Waals surface area contributed by atoms with E-state index in [0.717, 1.165) is 24.4 Å². The number of hydrogen-bond acceptors (Lipinski definition) is 7. The number of rotatable bonds is 7. The Morgan fingerprint density at radius 3 is 2.96 bits per heavy atom. The monoisotopic (exact) mass is 387 g/mol. The molecule has 2 aromatic rings. The summed E-state index contributed by atoms with van der Waals surface area (Å²) in [6.07, 6.45) is 4.48. The number of nitrogens with one attached hydrogen (secondary N) is 1. The topological polar surface area (TPSA) is 70.6 Å². The summed E-state index contributed by atoms with van der Waals surface area (Å²) in [4.78, 5) is 25.7. The first-order valence-electron chi connectivity index (χ1n) is 8.95. The van der Waals surface area contributed by atoms with Gasteiger partial charge in [0.15, 0.2) is 5.16 Å². The highest BCUT2D eigenvalue weighted by molar-refractivity contribution is 7.98. The summed E-state index contributed by atoms with van der Waals surface area (Å²) in [6, 6.07) is 7.68. The van der Waals surface area contributed by atoms with Crippen molar-refractivity contribution in [3.63, 3.8) is 0 Å². The van der Waals surface area contributed by atoms with Crippen molar-refractivity contribution in [1.29, 1.82) is 0 Å². The van der Waals surface area contributed by atoms with Crippen molar-refractivity contribution < 1.29 is 9.53 Å². The van der Waals surface area contributed by atoms with E-state index < -0.39 is 0 Å². The van der Waals surface area contributed by atoms with Crippen molar-refractivity contribution >= 4 is 29.2 Å². The van der Waals surface area contributed by atoms with E-state index in [1.807, 2.05) is 49.5 Å². The highest BCUT2D eigenvalue weighted by atomic mass is 32.2. The lowest BCUT2D eigenvalue weighted by Crippen LogP contribution is -2.33. The molecule has 7 nitrogen and oxygen atoms in total. The molecule has 1 N–H and O–H groups in total. The number of thioether (sulfide) groups is 1. The zero-order valence-corrected chi connectivity index (χ0v) is 16.8. The Bertz CT molecular complexity index is 801. The van der Waals surface area contributed by atoms with E-state index in [-0.39, 0.29) is 5.91 Å². The summed E-state index contributed by atoms with van der Waals surface area (Å²) in [7, 11) is 3.88. The maximum Gasteiger partial charge on any atom is 0.263 e. The molecule has 1 aliphatic heterocycles. The third-order valence-electron chi connectivity index (χ3n) is 4.39. The minimum absolute atomic E-state index is 0.0886. The fourth-order valence-corrected chi connectivity index (χ4v) is 3.26. The molecule has 1 amide bonds. The van der Waals surface area contributed by atoms with E-state index in [1.54, 1.807) is 11.1 Å². The van der Waals surface area contributed by atoms with Gasteiger partial charge in [0.2, 0.25) is 0 Å². The molecule has 0 bridgehead atoms. The Morgan fingerprint density at radius 2 is 2.19 bits per heavy atom. The predicted octanol–water partition coefficient (Wildman–Crippen LogP) is 2.28. The lowest BCUT2D eigenvalue weighted by atomic mass is 10.2. The van der Waals surface area contributed by atoms with Crippen LogP contribution in [-0.2, 0) is 0 Å². The maximum absolute atomic E-state index is 13.2. The van der Waals surface area contributed by atoms with Gasteiger partial charge in [0.05, 0.1) is 6.61 Å². The number of carbonyl (C=O) groups excluding carboxylic acids is 1. The molecule has 2 heterocycles. The quantitative estimate of drug-likeness (QED) is 0.444. The summed E-state index contributed by atoms with van der Waals surface area (Å²) in [5, 5.41) is 3.77. The molecule has 0 unspecified atom stereocenters. The number of benzene rings is 1. The molecule has 0 saturated carbocycles. The Morgan fingerprint density at radius 1 is 1.33 bits per heavy atom. The van der Waals surface area contributed by atoms with Crippen LogP contribution < -0.4 is 19.9 Å². The number of amides is 1. The molecule has 0 spiro atoms. The Balaban J connectivity index is 1.83. The molecule has 1 aliphatic rings. The number of nitrogens with zero attached hydrogens (tertiary/aromatic N) is 4. The van der Waals surface area contributed by atoms with Crippen LogP contribution in [0.3, 0.4) is 0 Å². The van der Waals surface area contributed by atoms with Crippen LogP contribution in [-0.4, -0.2) is 62.5 Å². The van der Waals surface area contributed by atoms with Gasteiger partial charge in [-0.3, -0.25) is 4.79 Å². The first-order chi connectivity index (χ1) is 13.1. The molecular formula is C19H25N5O2S. The lowest BCUT2D eigenvalue weighted by molar-refractivity contribution is 0.0989. The molecule has 1 aromatic carbocycles. The Labute approximate surface area is 164 Å². The SMILES string of the molecule is CNCCCOc1cccc(N2CCN(C)c3nc(SC)ncc3C2=O)c1. The van der Waals surface area contributed by atoms with Crippen LogP contribution in [0.2, 0.25) is 0 Å². The highest BCUT2D eigenvalue weighted by Crippen LogP contribution is 2.28. The van der Waals surface area contributed by atoms with Gasteiger partial charge in [-0.25, -0.2) is 9.97 Å². The number of aromatic nitrogens is 2. The zero-order valence-electron chi connectivity index (χ0n) is 15.9. The number of carbonyl (C=O) groups is 1. The lowest BCUT2D eigenvalue weighted by Gasteiger charge is -2.21. The van der Waals surface area contributed by atoms with Crippen LogP contribution in [0.1, 0.15) is 16.8 Å². The Kier molecular flexibility index (Phi) is 6.52. The van der Waals surface area contributed by atoms with Crippen LogP contribution in [0, 0.1) is 0 Å². The molecule has 0 aliphatic carbocycles. The first kappa shape index (κ1) is 19.4. The highest BCUT2D eigenvalue weighted by Gasteiger charge is 2.28. The fourth-order valence-electron chi connectivity index (χ4n) is 2.93. The van der Waals surface area contributed by atoms with Gasteiger partial charge in [-0.2, -0.15) is 0 Å². The van der Waals surface area contributed by atoms with Gasteiger partial charge in [0, 0.05) is 38.1 Å². The molecule has 0 atom stereocenters. The Hall–Kier alpha value is -2.32. The van der Waals surface area contributed by atoms with E-state index in [0.29, 0.717) is 36.2 Å². The summed E-state index contributed by atoms with van der Waals surface area (Å²) < 4.78 is 5.81. The van der Waals surface area contributed by atoms with E-state index in [9.17, 15) is 4.79 Å². The molecule has 144 valence electrons. The number of fused-ring (bicyclic) bond motifs is 1. The second kappa shape index (κ2) is 9.05. The zero-order chi connectivity index (χ0) is 19.2. The van der Waals surface area contributed by atoms with Crippen LogP contribution in [0.25, 0.3) is 0 Å². The normalized spacial score (nSPS) is 14.1. The standard InChI is InChI=1S/C19H25N5O2S/c1-20-8-5-11-26-15-7-4-6-14(12-15)24-10-9-23(2)17-16(18(24)25)13-21-19(22-17)27-3/h4,6-7,12-13,20H,5,8-11H2,1-3H3. The van der Waals surface area contributed by atoms with Crippen LogP contribution in [0.5, 0.6) is 5.75 Å². The fraction of sp³-hybridized carbons (Fsp3) is 0.421. The maximum atomic E-state index is 13.2. The molecule has 27 heavy (non-hydrogen) atoms. The van der Waals surface area contributed by atoms with Crippen LogP contribution in [0.4, 0.5) is 11.5 Å². The van der Waals surface area contributed by atoms with Gasteiger partial charge >= 0.3 is 0 Å². The minimum atomic E-state index is -0.0886. The van der Waals surface area contributed by atoms with Crippen molar-refractivity contribution in [2.45, 2.75) is 11.6 Å². The smallest absolute Gasteiger partial charge is 0.263 e. The summed E-state index contributed by atoms with van der Waals surface area (Å²) in [5.41, 5.74) is 1.34. The third-order valence-corrected chi connectivity index (χ3v) is 4.96. The predicted molar refractivity (Wildman–Crippen MR) is 109 cm³/mol. The van der Waals surface area contributed by atoms with Crippen molar-refractivity contribution in [2.75, 3.05) is 56.4 Å². The van der Waals surface area contributed by atoms with E-state index in [4.69, 9.17) is 4.74 Å².